The SMILES string of the molecule is CC[C@H]1O[C@@H](n2ccc(N(Cc3ccc(C#CCCC(=O)C(F)(F)F)cc3[N+](=O)[O-])C(=O)OC(C)(C)C)nc2=O)CC1O[Si](C)(C)C(C)(C)C. The topological polar surface area (TPSA) is 143 Å². The fraction of sp³-hybridized carbons (Fsp3) is 0.588. The normalized spacial score (nSPS) is 18.3. The minimum atomic E-state index is -4.96. The first kappa shape index (κ1) is 40.4. The summed E-state index contributed by atoms with van der Waals surface area (Å²) in [6, 6.07) is 5.26. The summed E-state index contributed by atoms with van der Waals surface area (Å²) in [4.78, 5) is 54.4. The number of halogens is 3. The number of Topliss-reactive ketones (excluding diaryl/α,β-unsaturated/α-hetero) is 1. The highest BCUT2D eigenvalue weighted by Gasteiger charge is 2.45. The number of nitrogens with zero attached hydrogens (tertiary/aromatic N) is 4. The number of anilines is 1. The molecule has 0 radical (unpaired) electrons. The third kappa shape index (κ3) is 10.5. The molecule has 0 saturated carbocycles. The number of rotatable bonds is 10. The molecule has 12 nitrogen and oxygen atoms in total. The van der Waals surface area contributed by atoms with E-state index in [1.807, 2.05) is 6.92 Å². The Morgan fingerprint density at radius 3 is 2.36 bits per heavy atom. The molecule has 16 heteroatoms. The summed E-state index contributed by atoms with van der Waals surface area (Å²) in [6.45, 7) is 17.2. The maximum atomic E-state index is 13.4. The molecule has 3 atom stereocenters. The van der Waals surface area contributed by atoms with E-state index in [1.165, 1.54) is 29.0 Å². The molecule has 1 aliphatic rings. The van der Waals surface area contributed by atoms with Gasteiger partial charge in [-0.2, -0.15) is 18.2 Å². The van der Waals surface area contributed by atoms with Crippen molar-refractivity contribution in [2.24, 2.45) is 0 Å². The molecular formula is C34H45F3N4O8Si. The number of hydrogen-bond acceptors (Lipinski definition) is 9. The smallest absolute Gasteiger partial charge is 0.443 e. The molecule has 1 fully saturated rings. The average molecular weight is 723 g/mol. The second-order valence-corrected chi connectivity index (χ2v) is 19.3. The van der Waals surface area contributed by atoms with Crippen molar-refractivity contribution in [2.75, 3.05) is 4.90 Å². The lowest BCUT2D eigenvalue weighted by atomic mass is 10.1. The molecule has 2 aromatic rings. The summed E-state index contributed by atoms with van der Waals surface area (Å²) in [6.07, 6.45) is -5.72. The summed E-state index contributed by atoms with van der Waals surface area (Å²) >= 11 is 0. The Morgan fingerprint density at radius 1 is 1.16 bits per heavy atom. The van der Waals surface area contributed by atoms with Gasteiger partial charge < -0.3 is 13.9 Å². The van der Waals surface area contributed by atoms with Crippen molar-refractivity contribution in [2.45, 2.75) is 129 Å². The number of amides is 1. The average Bonchev–Trinajstić information content (AvgIpc) is 3.37. The van der Waals surface area contributed by atoms with Gasteiger partial charge in [-0.1, -0.05) is 39.5 Å². The van der Waals surface area contributed by atoms with Gasteiger partial charge in [0.25, 0.3) is 5.69 Å². The van der Waals surface area contributed by atoms with Gasteiger partial charge in [0.1, 0.15) is 17.6 Å². The van der Waals surface area contributed by atoms with Crippen molar-refractivity contribution >= 4 is 31.7 Å². The van der Waals surface area contributed by atoms with Gasteiger partial charge >= 0.3 is 18.0 Å². The molecule has 1 unspecified atom stereocenters. The molecule has 0 bridgehead atoms. The second kappa shape index (κ2) is 15.4. The number of alkyl halides is 3. The molecule has 50 heavy (non-hydrogen) atoms. The number of ether oxygens (including phenoxy) is 2. The number of carbonyl (C=O) groups is 2. The quantitative estimate of drug-likeness (QED) is 0.106. The van der Waals surface area contributed by atoms with Crippen molar-refractivity contribution < 1.29 is 41.6 Å². The highest BCUT2D eigenvalue weighted by molar-refractivity contribution is 6.74. The number of ketones is 1. The van der Waals surface area contributed by atoms with Crippen molar-refractivity contribution in [3.63, 3.8) is 0 Å². The van der Waals surface area contributed by atoms with E-state index in [0.29, 0.717) is 12.8 Å². The van der Waals surface area contributed by atoms with Crippen LogP contribution >= 0.6 is 0 Å². The van der Waals surface area contributed by atoms with Gasteiger partial charge in [-0.3, -0.25) is 24.4 Å². The van der Waals surface area contributed by atoms with Crippen molar-refractivity contribution in [3.05, 3.63) is 62.2 Å². The third-order valence-corrected chi connectivity index (χ3v) is 13.0. The van der Waals surface area contributed by atoms with Gasteiger partial charge in [0, 0.05) is 42.7 Å². The monoisotopic (exact) mass is 722 g/mol. The molecule has 1 aromatic heterocycles. The van der Waals surface area contributed by atoms with Crippen LogP contribution in [0.15, 0.2) is 35.3 Å². The Hall–Kier alpha value is -4.07. The van der Waals surface area contributed by atoms with E-state index in [0.717, 1.165) is 11.0 Å². The minimum Gasteiger partial charge on any atom is -0.443 e. The number of hydrogen-bond donors (Lipinski definition) is 0. The van der Waals surface area contributed by atoms with E-state index >= 15 is 0 Å². The van der Waals surface area contributed by atoms with Crippen LogP contribution in [0.1, 0.15) is 91.5 Å². The predicted molar refractivity (Wildman–Crippen MR) is 182 cm³/mol. The summed E-state index contributed by atoms with van der Waals surface area (Å²) in [5, 5.41) is 12.0. The number of benzene rings is 1. The molecular weight excluding hydrogens is 677 g/mol. The molecule has 0 aliphatic carbocycles. The number of nitro benzene ring substituents is 1. The lowest BCUT2D eigenvalue weighted by molar-refractivity contribution is -0.385. The standard InChI is InChI=1S/C34H45F3N4O8Si/c1-10-25-26(49-50(8,9)33(5,6)7)20-29(47-25)39-18-17-28(38-30(39)43)40(31(44)48-32(2,3)4)21-23-16-15-22(19-24(23)41(45)46)13-11-12-14-27(42)34(35,36)37/h15-19,25-26,29H,10,12,14,20-21H2,1-9H3/t25-,26?,29-/m1/s1. The summed E-state index contributed by atoms with van der Waals surface area (Å²) in [5.41, 5.74) is -1.96. The van der Waals surface area contributed by atoms with E-state index in [4.69, 9.17) is 13.9 Å². The number of aromatic nitrogens is 2. The van der Waals surface area contributed by atoms with Crippen LogP contribution in [0.5, 0.6) is 0 Å². The van der Waals surface area contributed by atoms with E-state index in [9.17, 15) is 37.7 Å². The zero-order valence-electron chi connectivity index (χ0n) is 29.8. The second-order valence-electron chi connectivity index (χ2n) is 14.6. The number of carbonyl (C=O) groups excluding carboxylic acids is 2. The van der Waals surface area contributed by atoms with E-state index < -0.39 is 73.9 Å². The Morgan fingerprint density at radius 2 is 1.82 bits per heavy atom. The van der Waals surface area contributed by atoms with Crippen LogP contribution in [0.4, 0.5) is 29.5 Å². The van der Waals surface area contributed by atoms with Crippen LogP contribution in [0.25, 0.3) is 0 Å². The maximum absolute atomic E-state index is 13.4. The van der Waals surface area contributed by atoms with Gasteiger partial charge in [-0.05, 0) is 63.5 Å². The Labute approximate surface area is 290 Å². The highest BCUT2D eigenvalue weighted by atomic mass is 28.4. The number of nitro groups is 1. The first-order valence-electron chi connectivity index (χ1n) is 16.2. The van der Waals surface area contributed by atoms with E-state index in [2.05, 4.69) is 50.7 Å². The Kier molecular flexibility index (Phi) is 12.5. The Bertz CT molecular complexity index is 1700. The lowest BCUT2D eigenvalue weighted by Crippen LogP contribution is -2.45. The van der Waals surface area contributed by atoms with Gasteiger partial charge in [0.15, 0.2) is 8.32 Å². The van der Waals surface area contributed by atoms with Gasteiger partial charge in [0.05, 0.1) is 23.7 Å². The van der Waals surface area contributed by atoms with Gasteiger partial charge in [-0.15, -0.1) is 0 Å². The van der Waals surface area contributed by atoms with Crippen LogP contribution in [0.2, 0.25) is 18.1 Å². The molecule has 2 heterocycles. The fourth-order valence-electron chi connectivity index (χ4n) is 4.84. The van der Waals surface area contributed by atoms with E-state index in [1.54, 1.807) is 20.8 Å². The predicted octanol–water partition coefficient (Wildman–Crippen LogP) is 7.44. The van der Waals surface area contributed by atoms with Crippen LogP contribution < -0.4 is 10.6 Å². The first-order chi connectivity index (χ1) is 22.9. The molecule has 3 rings (SSSR count). The molecule has 274 valence electrons. The van der Waals surface area contributed by atoms with Crippen molar-refractivity contribution in [3.8, 4) is 11.8 Å². The molecule has 1 aromatic carbocycles. The van der Waals surface area contributed by atoms with Crippen LogP contribution in [0.3, 0.4) is 0 Å². The van der Waals surface area contributed by atoms with Crippen LogP contribution in [-0.4, -0.2) is 58.7 Å². The first-order valence-corrected chi connectivity index (χ1v) is 19.1. The zero-order chi connectivity index (χ0) is 37.8. The Balaban J connectivity index is 1.92. The molecule has 0 N–H and O–H groups in total. The van der Waals surface area contributed by atoms with E-state index in [-0.39, 0.29) is 34.2 Å². The fourth-order valence-corrected chi connectivity index (χ4v) is 6.20. The molecule has 1 amide bonds. The molecule has 0 spiro atoms. The minimum absolute atomic E-state index is 0.0292. The van der Waals surface area contributed by atoms with Crippen LogP contribution in [-0.2, 0) is 25.2 Å². The highest BCUT2D eigenvalue weighted by Crippen LogP contribution is 2.41. The molecule has 1 saturated heterocycles. The van der Waals surface area contributed by atoms with Crippen LogP contribution in [0, 0.1) is 22.0 Å². The zero-order valence-corrected chi connectivity index (χ0v) is 30.8. The van der Waals surface area contributed by atoms with Crippen molar-refractivity contribution in [1.29, 1.82) is 0 Å². The summed E-state index contributed by atoms with van der Waals surface area (Å²) < 4.78 is 57.1. The van der Waals surface area contributed by atoms with Crippen molar-refractivity contribution in [1.82, 2.24) is 9.55 Å². The molecule has 1 aliphatic heterocycles. The largest absolute Gasteiger partial charge is 0.450 e. The van der Waals surface area contributed by atoms with Gasteiger partial charge in [0.2, 0.25) is 5.78 Å². The summed E-state index contributed by atoms with van der Waals surface area (Å²) in [5.74, 6) is 2.91. The lowest BCUT2D eigenvalue weighted by Gasteiger charge is -2.39. The maximum Gasteiger partial charge on any atom is 0.450 e. The third-order valence-electron chi connectivity index (χ3n) is 8.49. The summed E-state index contributed by atoms with van der Waals surface area (Å²) in [7, 11) is -2.15. The van der Waals surface area contributed by atoms with Gasteiger partial charge in [-0.25, -0.2) is 9.59 Å².